The van der Waals surface area contributed by atoms with Gasteiger partial charge in [0.05, 0.1) is 17.8 Å². The summed E-state index contributed by atoms with van der Waals surface area (Å²) < 4.78 is 0. The van der Waals surface area contributed by atoms with Gasteiger partial charge in [-0.3, -0.25) is 14.4 Å². The van der Waals surface area contributed by atoms with Gasteiger partial charge in [-0.1, -0.05) is 42.5 Å². The zero-order valence-corrected chi connectivity index (χ0v) is 21.7. The predicted octanol–water partition coefficient (Wildman–Crippen LogP) is 3.87. The molecular formula is C28H32N4O3S. The molecule has 0 unspecified atom stereocenters. The van der Waals surface area contributed by atoms with Crippen molar-refractivity contribution in [2.75, 3.05) is 11.4 Å². The van der Waals surface area contributed by atoms with Crippen LogP contribution in [-0.4, -0.2) is 35.8 Å². The van der Waals surface area contributed by atoms with Gasteiger partial charge in [-0.25, -0.2) is 0 Å². The topological polar surface area (TPSA) is 105 Å². The molecule has 0 fully saturated rings. The van der Waals surface area contributed by atoms with E-state index in [1.54, 1.807) is 30.1 Å². The standard InChI is InChI=1S/C28H32N4O3S/c1-4-30-25(33)21-8-6-5-7-20(21)19-11-9-18(10-12-19)17-32-23-15-16-36-24(23)14-13-22(26(32)34)31-27(35)28(2,3)29/h5-12,15-16,22H,4,13-14,17,29H2,1-3H3,(H,30,33)(H,31,35)/t22-/m1/s1. The van der Waals surface area contributed by atoms with E-state index in [0.29, 0.717) is 31.5 Å². The zero-order chi connectivity index (χ0) is 25.9. The van der Waals surface area contributed by atoms with Crippen molar-refractivity contribution in [3.8, 4) is 11.1 Å². The fourth-order valence-electron chi connectivity index (χ4n) is 4.27. The number of nitrogens with one attached hydrogen (secondary N) is 2. The fourth-order valence-corrected chi connectivity index (χ4v) is 5.17. The molecule has 0 radical (unpaired) electrons. The molecular weight excluding hydrogens is 472 g/mol. The molecule has 0 saturated heterocycles. The Balaban J connectivity index is 1.58. The minimum absolute atomic E-state index is 0.105. The van der Waals surface area contributed by atoms with Crippen LogP contribution in [0, 0.1) is 0 Å². The molecule has 0 bridgehead atoms. The van der Waals surface area contributed by atoms with Crippen molar-refractivity contribution >= 4 is 34.7 Å². The van der Waals surface area contributed by atoms with Gasteiger partial charge in [-0.15, -0.1) is 11.3 Å². The van der Waals surface area contributed by atoms with Crippen LogP contribution >= 0.6 is 11.3 Å². The summed E-state index contributed by atoms with van der Waals surface area (Å²) in [6.07, 6.45) is 1.24. The van der Waals surface area contributed by atoms with E-state index in [1.165, 1.54) is 0 Å². The summed E-state index contributed by atoms with van der Waals surface area (Å²) in [4.78, 5) is 41.5. The normalized spacial score (nSPS) is 15.7. The number of amides is 3. The number of carbonyl (C=O) groups is 3. The molecule has 36 heavy (non-hydrogen) atoms. The fraction of sp³-hybridized carbons (Fsp3) is 0.321. The Bertz CT molecular complexity index is 1260. The van der Waals surface area contributed by atoms with E-state index < -0.39 is 11.6 Å². The number of nitrogens with zero attached hydrogens (tertiary/aromatic N) is 1. The predicted molar refractivity (Wildman–Crippen MR) is 144 cm³/mol. The monoisotopic (exact) mass is 504 g/mol. The SMILES string of the molecule is CCNC(=O)c1ccccc1-c1ccc(CN2C(=O)[C@H](NC(=O)C(C)(C)N)CCc3sccc32)cc1. The van der Waals surface area contributed by atoms with Gasteiger partial charge < -0.3 is 21.3 Å². The first-order valence-corrected chi connectivity index (χ1v) is 13.0. The van der Waals surface area contributed by atoms with E-state index in [4.69, 9.17) is 5.73 Å². The number of hydrogen-bond donors (Lipinski definition) is 3. The molecule has 7 nitrogen and oxygen atoms in total. The number of thiophene rings is 1. The van der Waals surface area contributed by atoms with E-state index in [-0.39, 0.29) is 17.7 Å². The number of nitrogens with two attached hydrogens (primary N) is 1. The van der Waals surface area contributed by atoms with Gasteiger partial charge in [-0.2, -0.15) is 0 Å². The van der Waals surface area contributed by atoms with Crippen LogP contribution < -0.4 is 21.3 Å². The summed E-state index contributed by atoms with van der Waals surface area (Å²) in [6.45, 7) is 6.09. The van der Waals surface area contributed by atoms with Gasteiger partial charge in [0.1, 0.15) is 6.04 Å². The van der Waals surface area contributed by atoms with Gasteiger partial charge in [0, 0.05) is 17.0 Å². The summed E-state index contributed by atoms with van der Waals surface area (Å²) in [5.41, 5.74) is 9.13. The highest BCUT2D eigenvalue weighted by Gasteiger charge is 2.34. The van der Waals surface area contributed by atoms with Crippen LogP contribution in [0.2, 0.25) is 0 Å². The second kappa shape index (κ2) is 10.6. The third-order valence-electron chi connectivity index (χ3n) is 6.24. The molecule has 1 aliphatic heterocycles. The number of benzene rings is 2. The Kier molecular flexibility index (Phi) is 7.56. The lowest BCUT2D eigenvalue weighted by molar-refractivity contribution is -0.130. The Morgan fingerprint density at radius 2 is 1.83 bits per heavy atom. The molecule has 3 amide bonds. The zero-order valence-electron chi connectivity index (χ0n) is 20.8. The molecule has 4 rings (SSSR count). The maximum Gasteiger partial charge on any atom is 0.251 e. The number of hydrogen-bond acceptors (Lipinski definition) is 5. The van der Waals surface area contributed by atoms with Gasteiger partial charge in [0.15, 0.2) is 0 Å². The van der Waals surface area contributed by atoms with Crippen LogP contribution in [0.1, 0.15) is 48.0 Å². The molecule has 2 heterocycles. The van der Waals surface area contributed by atoms with Gasteiger partial charge in [0.2, 0.25) is 11.8 Å². The molecule has 4 N–H and O–H groups in total. The first-order valence-electron chi connectivity index (χ1n) is 12.1. The van der Waals surface area contributed by atoms with Crippen LogP contribution in [0.25, 0.3) is 11.1 Å². The summed E-state index contributed by atoms with van der Waals surface area (Å²) in [7, 11) is 0. The number of aryl methyl sites for hydroxylation is 1. The Labute approximate surface area is 215 Å². The lowest BCUT2D eigenvalue weighted by Crippen LogP contribution is -2.56. The summed E-state index contributed by atoms with van der Waals surface area (Å²) in [5, 5.41) is 7.71. The summed E-state index contributed by atoms with van der Waals surface area (Å²) in [6, 6.07) is 16.7. The van der Waals surface area contributed by atoms with Crippen molar-refractivity contribution < 1.29 is 14.4 Å². The molecule has 1 aromatic heterocycles. The number of rotatable bonds is 7. The molecule has 0 aliphatic carbocycles. The van der Waals surface area contributed by atoms with Crippen molar-refractivity contribution in [3.63, 3.8) is 0 Å². The Hall–Kier alpha value is -3.49. The average Bonchev–Trinajstić information content (AvgIpc) is 3.28. The Morgan fingerprint density at radius 1 is 1.11 bits per heavy atom. The largest absolute Gasteiger partial charge is 0.352 e. The smallest absolute Gasteiger partial charge is 0.251 e. The molecule has 3 aromatic rings. The molecule has 1 atom stereocenters. The van der Waals surface area contributed by atoms with Gasteiger partial charge in [0.25, 0.3) is 5.91 Å². The van der Waals surface area contributed by atoms with Crippen molar-refractivity contribution in [3.05, 3.63) is 76.0 Å². The Morgan fingerprint density at radius 3 is 2.53 bits per heavy atom. The molecule has 2 aromatic carbocycles. The van der Waals surface area contributed by atoms with Crippen molar-refractivity contribution in [2.24, 2.45) is 5.73 Å². The quantitative estimate of drug-likeness (QED) is 0.454. The summed E-state index contributed by atoms with van der Waals surface area (Å²) in [5.74, 6) is -0.595. The first kappa shape index (κ1) is 25.6. The molecule has 1 aliphatic rings. The van der Waals surface area contributed by atoms with Crippen LogP contribution in [0.15, 0.2) is 60.0 Å². The minimum Gasteiger partial charge on any atom is -0.352 e. The highest BCUT2D eigenvalue weighted by Crippen LogP contribution is 2.33. The maximum atomic E-state index is 13.6. The van der Waals surface area contributed by atoms with Gasteiger partial charge >= 0.3 is 0 Å². The second-order valence-corrected chi connectivity index (χ2v) is 10.5. The highest BCUT2D eigenvalue weighted by molar-refractivity contribution is 7.10. The van der Waals surface area contributed by atoms with Crippen LogP contribution in [0.4, 0.5) is 5.69 Å². The number of carbonyl (C=O) groups excluding carboxylic acids is 3. The second-order valence-electron chi connectivity index (χ2n) is 9.54. The van der Waals surface area contributed by atoms with E-state index >= 15 is 0 Å². The lowest BCUT2D eigenvalue weighted by Gasteiger charge is -2.27. The van der Waals surface area contributed by atoms with Crippen LogP contribution in [0.5, 0.6) is 0 Å². The summed E-state index contributed by atoms with van der Waals surface area (Å²) >= 11 is 1.62. The van der Waals surface area contributed by atoms with E-state index in [2.05, 4.69) is 10.6 Å². The maximum absolute atomic E-state index is 13.6. The molecule has 8 heteroatoms. The van der Waals surface area contributed by atoms with E-state index in [0.717, 1.165) is 27.3 Å². The number of fused-ring (bicyclic) bond motifs is 1. The van der Waals surface area contributed by atoms with Crippen LogP contribution in [-0.2, 0) is 22.6 Å². The van der Waals surface area contributed by atoms with Gasteiger partial charge in [-0.05, 0) is 67.8 Å². The van der Waals surface area contributed by atoms with Crippen molar-refractivity contribution in [1.29, 1.82) is 0 Å². The lowest BCUT2D eigenvalue weighted by atomic mass is 9.98. The van der Waals surface area contributed by atoms with Crippen molar-refractivity contribution in [2.45, 2.75) is 51.7 Å². The third kappa shape index (κ3) is 5.50. The molecule has 188 valence electrons. The highest BCUT2D eigenvalue weighted by atomic mass is 32.1. The number of anilines is 1. The minimum atomic E-state index is -1.07. The van der Waals surface area contributed by atoms with E-state index in [9.17, 15) is 14.4 Å². The molecule has 0 saturated carbocycles. The van der Waals surface area contributed by atoms with E-state index in [1.807, 2.05) is 66.9 Å². The average molecular weight is 505 g/mol. The molecule has 0 spiro atoms. The van der Waals surface area contributed by atoms with Crippen molar-refractivity contribution in [1.82, 2.24) is 10.6 Å². The first-order chi connectivity index (χ1) is 17.2. The third-order valence-corrected chi connectivity index (χ3v) is 7.21. The van der Waals surface area contributed by atoms with Crippen LogP contribution in [0.3, 0.4) is 0 Å².